The van der Waals surface area contributed by atoms with Crippen LogP contribution in [0.4, 0.5) is 0 Å². The molecule has 2 aromatic rings. The number of benzene rings is 2. The molecule has 29 heavy (non-hydrogen) atoms. The zero-order chi connectivity index (χ0) is 22.0. The monoisotopic (exact) mass is 439 g/mol. The van der Waals surface area contributed by atoms with Crippen LogP contribution in [0.5, 0.6) is 11.5 Å². The summed E-state index contributed by atoms with van der Waals surface area (Å²) in [6, 6.07) is 9.04. The number of rotatable bonds is 8. The van der Waals surface area contributed by atoms with Crippen LogP contribution in [0.2, 0.25) is 0 Å². The van der Waals surface area contributed by atoms with Gasteiger partial charge in [-0.15, -0.1) is 0 Å². The lowest BCUT2D eigenvalue weighted by Crippen LogP contribution is -2.22. The number of hydrogen-bond acceptors (Lipinski definition) is 6. The summed E-state index contributed by atoms with van der Waals surface area (Å²) >= 11 is 0. The molecule has 1 radical (unpaired) electrons. The summed E-state index contributed by atoms with van der Waals surface area (Å²) in [6.45, 7) is 3.45. The number of nitrogens with zero attached hydrogens (tertiary/aromatic N) is 2. The quantitative estimate of drug-likeness (QED) is 0.583. The molecule has 8 nitrogen and oxygen atoms in total. The van der Waals surface area contributed by atoms with Gasteiger partial charge in [-0.05, 0) is 61.4 Å². The van der Waals surface area contributed by atoms with E-state index in [4.69, 9.17) is 9.31 Å². The lowest BCUT2D eigenvalue weighted by molar-refractivity contribution is 0.454. The van der Waals surface area contributed by atoms with Crippen molar-refractivity contribution in [3.8, 4) is 11.5 Å². The van der Waals surface area contributed by atoms with E-state index in [-0.39, 0.29) is 9.79 Å². The Morgan fingerprint density at radius 2 is 1.03 bits per heavy atom. The first-order chi connectivity index (χ1) is 13.4. The number of sulfonamides is 2. The van der Waals surface area contributed by atoms with E-state index in [2.05, 4.69) is 0 Å². The maximum Gasteiger partial charge on any atom is 0.658 e. The molecule has 11 heteroatoms. The highest BCUT2D eigenvalue weighted by molar-refractivity contribution is 7.89. The fraction of sp³-hybridized carbons (Fsp3) is 0.333. The van der Waals surface area contributed by atoms with E-state index in [1.54, 1.807) is 26.0 Å². The molecule has 0 bridgehead atoms. The molecular weight excluding hydrogens is 415 g/mol. The first-order valence-electron chi connectivity index (χ1n) is 8.58. The van der Waals surface area contributed by atoms with Gasteiger partial charge in [0.1, 0.15) is 11.5 Å². The highest BCUT2D eigenvalue weighted by Crippen LogP contribution is 2.25. The lowest BCUT2D eigenvalue weighted by Gasteiger charge is -2.15. The predicted octanol–water partition coefficient (Wildman–Crippen LogP) is 1.80. The van der Waals surface area contributed by atoms with Gasteiger partial charge in [-0.1, -0.05) is 0 Å². The molecule has 0 fully saturated rings. The van der Waals surface area contributed by atoms with Crippen molar-refractivity contribution in [3.05, 3.63) is 47.5 Å². The zero-order valence-electron chi connectivity index (χ0n) is 17.2. The molecule has 0 spiro atoms. The summed E-state index contributed by atoms with van der Waals surface area (Å²) in [5.74, 6) is 0.874. The van der Waals surface area contributed by atoms with Crippen LogP contribution >= 0.6 is 0 Å². The van der Waals surface area contributed by atoms with Gasteiger partial charge in [-0.2, -0.15) is 0 Å². The third kappa shape index (κ3) is 5.10. The van der Waals surface area contributed by atoms with Gasteiger partial charge in [0.05, 0.1) is 9.79 Å². The van der Waals surface area contributed by atoms with Crippen LogP contribution in [0.15, 0.2) is 46.2 Å². The Bertz CT molecular complexity index is 1010. The largest absolute Gasteiger partial charge is 0.658 e. The van der Waals surface area contributed by atoms with Crippen molar-refractivity contribution in [2.24, 2.45) is 0 Å². The maximum absolute atomic E-state index is 12.2. The smallest absolute Gasteiger partial charge is 0.526 e. The first-order valence-corrected chi connectivity index (χ1v) is 11.5. The molecule has 2 rings (SSSR count). The molecule has 157 valence electrons. The van der Waals surface area contributed by atoms with Gasteiger partial charge in [0.25, 0.3) is 0 Å². The van der Waals surface area contributed by atoms with E-state index in [0.717, 1.165) is 16.3 Å². The summed E-state index contributed by atoms with van der Waals surface area (Å²) in [6.07, 6.45) is 0. The standard InChI is InChI=1S/C18H24BN2O6S2/c1-13-11-15(28(22,23)20(3)4)7-9-17(13)26-19-27-18-10-8-16(12-14(18)2)29(24,25)21(5)6/h7-12H,1-6H3. The van der Waals surface area contributed by atoms with E-state index in [1.165, 1.54) is 52.5 Å². The van der Waals surface area contributed by atoms with Gasteiger partial charge < -0.3 is 9.31 Å². The third-order valence-corrected chi connectivity index (χ3v) is 7.82. The molecule has 0 atom stereocenters. The van der Waals surface area contributed by atoms with Crippen LogP contribution in [-0.4, -0.2) is 61.3 Å². The van der Waals surface area contributed by atoms with Crippen LogP contribution in [0.1, 0.15) is 11.1 Å². The van der Waals surface area contributed by atoms with E-state index >= 15 is 0 Å². The van der Waals surface area contributed by atoms with Gasteiger partial charge in [0.15, 0.2) is 0 Å². The Morgan fingerprint density at radius 1 is 0.690 bits per heavy atom. The topological polar surface area (TPSA) is 93.2 Å². The minimum absolute atomic E-state index is 0.168. The number of hydrogen-bond donors (Lipinski definition) is 0. The molecule has 0 N–H and O–H groups in total. The predicted molar refractivity (Wildman–Crippen MR) is 111 cm³/mol. The van der Waals surface area contributed by atoms with Gasteiger partial charge in [-0.25, -0.2) is 25.4 Å². The van der Waals surface area contributed by atoms with Crippen molar-refractivity contribution < 1.29 is 26.1 Å². The maximum atomic E-state index is 12.2. The summed E-state index contributed by atoms with van der Waals surface area (Å²) in [7, 11) is -0.0663. The Balaban J connectivity index is 2.09. The van der Waals surface area contributed by atoms with Crippen molar-refractivity contribution in [3.63, 3.8) is 0 Å². The lowest BCUT2D eigenvalue weighted by atomic mass is 10.2. The van der Waals surface area contributed by atoms with Crippen molar-refractivity contribution in [2.75, 3.05) is 28.2 Å². The van der Waals surface area contributed by atoms with Crippen molar-refractivity contribution in [2.45, 2.75) is 23.6 Å². The second-order valence-corrected chi connectivity index (χ2v) is 11.1. The Kier molecular flexibility index (Phi) is 6.99. The van der Waals surface area contributed by atoms with E-state index in [1.807, 2.05) is 0 Å². The fourth-order valence-corrected chi connectivity index (χ4v) is 4.35. The van der Waals surface area contributed by atoms with Gasteiger partial charge >= 0.3 is 7.69 Å². The van der Waals surface area contributed by atoms with Crippen LogP contribution in [0.25, 0.3) is 0 Å². The highest BCUT2D eigenvalue weighted by Gasteiger charge is 2.20. The van der Waals surface area contributed by atoms with Crippen molar-refractivity contribution in [1.82, 2.24) is 8.61 Å². The average molecular weight is 439 g/mol. The third-order valence-electron chi connectivity index (χ3n) is 4.20. The molecule has 0 saturated heterocycles. The Labute approximate surface area is 173 Å². The molecule has 0 saturated carbocycles. The minimum atomic E-state index is -3.52. The molecule has 2 aromatic carbocycles. The van der Waals surface area contributed by atoms with Crippen LogP contribution in [0.3, 0.4) is 0 Å². The SMILES string of the molecule is Cc1cc(S(=O)(=O)N(C)C)ccc1O[B]Oc1ccc(S(=O)(=O)N(C)C)cc1C. The molecule has 0 aliphatic rings. The Morgan fingerprint density at radius 3 is 1.31 bits per heavy atom. The molecule has 0 aliphatic carbocycles. The molecule has 0 unspecified atom stereocenters. The summed E-state index contributed by atoms with van der Waals surface area (Å²) in [5, 5.41) is 0. The fourth-order valence-electron chi connectivity index (χ4n) is 2.38. The summed E-state index contributed by atoms with van der Waals surface area (Å²) in [4.78, 5) is 0.337. The van der Waals surface area contributed by atoms with Gasteiger partial charge in [0.2, 0.25) is 20.0 Å². The normalized spacial score (nSPS) is 12.3. The minimum Gasteiger partial charge on any atom is -0.526 e. The van der Waals surface area contributed by atoms with E-state index in [0.29, 0.717) is 22.6 Å². The second kappa shape index (κ2) is 8.74. The molecular formula is C18H24BN2O6S2. The molecule has 0 aromatic heterocycles. The van der Waals surface area contributed by atoms with E-state index < -0.39 is 20.0 Å². The van der Waals surface area contributed by atoms with Gasteiger partial charge in [-0.3, -0.25) is 0 Å². The average Bonchev–Trinajstić information content (AvgIpc) is 2.63. The van der Waals surface area contributed by atoms with Crippen molar-refractivity contribution >= 4 is 27.7 Å². The van der Waals surface area contributed by atoms with Crippen LogP contribution < -0.4 is 9.31 Å². The Hall–Kier alpha value is -2.08. The molecule has 0 amide bonds. The van der Waals surface area contributed by atoms with Crippen molar-refractivity contribution in [1.29, 1.82) is 0 Å². The summed E-state index contributed by atoms with van der Waals surface area (Å²) < 4.78 is 61.9. The van der Waals surface area contributed by atoms with E-state index in [9.17, 15) is 16.8 Å². The molecule has 0 heterocycles. The zero-order valence-corrected chi connectivity index (χ0v) is 18.8. The van der Waals surface area contributed by atoms with Gasteiger partial charge in [0, 0.05) is 28.2 Å². The second-order valence-electron chi connectivity index (χ2n) is 6.76. The summed E-state index contributed by atoms with van der Waals surface area (Å²) in [5.41, 5.74) is 1.24. The highest BCUT2D eigenvalue weighted by atomic mass is 32.2. The van der Waals surface area contributed by atoms with Crippen LogP contribution in [-0.2, 0) is 20.0 Å². The first kappa shape index (κ1) is 23.2. The number of aryl methyl sites for hydroxylation is 2. The van der Waals surface area contributed by atoms with Crippen LogP contribution in [0, 0.1) is 13.8 Å². The molecule has 0 aliphatic heterocycles.